The van der Waals surface area contributed by atoms with Crippen molar-refractivity contribution in [3.8, 4) is 0 Å². The van der Waals surface area contributed by atoms with Gasteiger partial charge >= 0.3 is 0 Å². The van der Waals surface area contributed by atoms with E-state index in [0.717, 1.165) is 6.42 Å². The van der Waals surface area contributed by atoms with Gasteiger partial charge in [0, 0.05) is 5.92 Å². The summed E-state index contributed by atoms with van der Waals surface area (Å²) in [5.41, 5.74) is -0.324. The Morgan fingerprint density at radius 1 is 1.50 bits per heavy atom. The average molecular weight is 172 g/mol. The van der Waals surface area contributed by atoms with Gasteiger partial charge in [-0.3, -0.25) is 0 Å². The first-order valence-electron chi connectivity index (χ1n) is 4.61. The Labute approximate surface area is 74.9 Å². The van der Waals surface area contributed by atoms with Crippen molar-refractivity contribution in [1.82, 2.24) is 0 Å². The lowest BCUT2D eigenvalue weighted by Crippen LogP contribution is -2.35. The predicted octanol–water partition coefficient (Wildman–Crippen LogP) is 1.82. The van der Waals surface area contributed by atoms with E-state index in [-0.39, 0.29) is 5.41 Å². The van der Waals surface area contributed by atoms with E-state index in [4.69, 9.17) is 4.74 Å². The molecule has 2 unspecified atom stereocenters. The molecule has 0 bridgehead atoms. The van der Waals surface area contributed by atoms with Gasteiger partial charge in [-0.05, 0) is 18.8 Å². The van der Waals surface area contributed by atoms with Crippen LogP contribution in [-0.2, 0) is 4.74 Å². The summed E-state index contributed by atoms with van der Waals surface area (Å²) >= 11 is 0. The topological polar surface area (TPSA) is 29.5 Å². The van der Waals surface area contributed by atoms with Crippen LogP contribution in [-0.4, -0.2) is 23.9 Å². The molecule has 2 heteroatoms. The maximum absolute atomic E-state index is 9.89. The molecule has 0 saturated carbocycles. The van der Waals surface area contributed by atoms with E-state index < -0.39 is 5.60 Å². The summed E-state index contributed by atoms with van der Waals surface area (Å²) in [7, 11) is 0. The summed E-state index contributed by atoms with van der Waals surface area (Å²) in [6.45, 7) is 9.67. The molecule has 2 atom stereocenters. The van der Waals surface area contributed by atoms with Crippen molar-refractivity contribution < 1.29 is 9.84 Å². The predicted molar refractivity (Wildman–Crippen MR) is 49.0 cm³/mol. The Morgan fingerprint density at radius 3 is 2.42 bits per heavy atom. The first-order chi connectivity index (χ1) is 5.31. The zero-order valence-corrected chi connectivity index (χ0v) is 8.55. The molecule has 1 fully saturated rings. The highest BCUT2D eigenvalue weighted by Crippen LogP contribution is 2.34. The van der Waals surface area contributed by atoms with E-state index in [1.807, 2.05) is 6.92 Å². The van der Waals surface area contributed by atoms with Crippen LogP contribution in [0.25, 0.3) is 0 Å². The first kappa shape index (κ1) is 10.0. The van der Waals surface area contributed by atoms with Crippen molar-refractivity contribution in [2.24, 2.45) is 11.3 Å². The van der Waals surface area contributed by atoms with E-state index in [0.29, 0.717) is 19.1 Å². The molecule has 2 nitrogen and oxygen atoms in total. The fraction of sp³-hybridized carbons (Fsp3) is 1.00. The van der Waals surface area contributed by atoms with Gasteiger partial charge in [0.2, 0.25) is 0 Å². The van der Waals surface area contributed by atoms with E-state index in [1.54, 1.807) is 0 Å². The Bertz CT molecular complexity index is 156. The van der Waals surface area contributed by atoms with Crippen molar-refractivity contribution in [2.45, 2.75) is 39.7 Å². The minimum absolute atomic E-state index is 0.280. The van der Waals surface area contributed by atoms with Crippen LogP contribution in [0.2, 0.25) is 0 Å². The first-order valence-corrected chi connectivity index (χ1v) is 4.61. The molecule has 0 radical (unpaired) electrons. The van der Waals surface area contributed by atoms with Crippen molar-refractivity contribution in [3.05, 3.63) is 0 Å². The van der Waals surface area contributed by atoms with Gasteiger partial charge in [-0.15, -0.1) is 0 Å². The smallest absolute Gasteiger partial charge is 0.0902 e. The second-order valence-electron chi connectivity index (χ2n) is 5.33. The minimum Gasteiger partial charge on any atom is -0.387 e. The zero-order chi connectivity index (χ0) is 9.41. The number of ether oxygens (including phenoxy) is 1. The maximum Gasteiger partial charge on any atom is 0.0902 e. The van der Waals surface area contributed by atoms with E-state index >= 15 is 0 Å². The maximum atomic E-state index is 9.89. The van der Waals surface area contributed by atoms with E-state index in [2.05, 4.69) is 20.8 Å². The molecule has 0 aromatic heterocycles. The number of aliphatic hydroxyl groups is 1. The third kappa shape index (κ3) is 2.46. The lowest BCUT2D eigenvalue weighted by Gasteiger charge is -2.29. The molecular formula is C10H20O2. The molecule has 0 amide bonds. The monoisotopic (exact) mass is 172 g/mol. The van der Waals surface area contributed by atoms with Crippen LogP contribution >= 0.6 is 0 Å². The second-order valence-corrected chi connectivity index (χ2v) is 5.33. The van der Waals surface area contributed by atoms with Gasteiger partial charge in [0.15, 0.2) is 0 Å². The number of hydrogen-bond donors (Lipinski definition) is 1. The molecule has 1 heterocycles. The van der Waals surface area contributed by atoms with Crippen LogP contribution in [0.1, 0.15) is 34.1 Å². The molecule has 0 spiro atoms. The van der Waals surface area contributed by atoms with Gasteiger partial charge in [-0.1, -0.05) is 20.8 Å². The molecule has 12 heavy (non-hydrogen) atoms. The zero-order valence-electron chi connectivity index (χ0n) is 8.55. The second kappa shape index (κ2) is 3.00. The van der Waals surface area contributed by atoms with Crippen molar-refractivity contribution >= 4 is 0 Å². The fourth-order valence-corrected chi connectivity index (χ4v) is 1.72. The normalized spacial score (nSPS) is 37.2. The van der Waals surface area contributed by atoms with E-state index in [9.17, 15) is 5.11 Å². The number of rotatable bonds is 1. The fourth-order valence-electron chi connectivity index (χ4n) is 1.72. The molecule has 1 N–H and O–H groups in total. The molecule has 1 aliphatic heterocycles. The van der Waals surface area contributed by atoms with Crippen LogP contribution in [0, 0.1) is 11.3 Å². The minimum atomic E-state index is -0.604. The average Bonchev–Trinajstić information content (AvgIpc) is 2.07. The molecule has 0 aromatic rings. The number of hydrogen-bond acceptors (Lipinski definition) is 2. The third-order valence-corrected chi connectivity index (χ3v) is 2.45. The standard InChI is InChI=1S/C10H20O2/c1-9(2,3)5-8-6-12-7-10(8,4)11/h8,11H,5-7H2,1-4H3. The van der Waals surface area contributed by atoms with Gasteiger partial charge in [-0.25, -0.2) is 0 Å². The van der Waals surface area contributed by atoms with Gasteiger partial charge in [0.1, 0.15) is 0 Å². The summed E-state index contributed by atoms with van der Waals surface area (Å²) in [4.78, 5) is 0. The Balaban J connectivity index is 2.53. The molecule has 1 rings (SSSR count). The highest BCUT2D eigenvalue weighted by molar-refractivity contribution is 4.88. The lowest BCUT2D eigenvalue weighted by molar-refractivity contribution is 0.00831. The summed E-state index contributed by atoms with van der Waals surface area (Å²) in [5.74, 6) is 0.303. The summed E-state index contributed by atoms with van der Waals surface area (Å²) in [5, 5.41) is 9.89. The molecule has 1 aliphatic rings. The summed E-state index contributed by atoms with van der Waals surface area (Å²) in [6, 6.07) is 0. The van der Waals surface area contributed by atoms with Crippen molar-refractivity contribution in [1.29, 1.82) is 0 Å². The SMILES string of the molecule is CC(C)(C)CC1COCC1(C)O. The molecule has 0 aromatic carbocycles. The largest absolute Gasteiger partial charge is 0.387 e. The third-order valence-electron chi connectivity index (χ3n) is 2.45. The molecular weight excluding hydrogens is 152 g/mol. The Hall–Kier alpha value is -0.0800. The van der Waals surface area contributed by atoms with Gasteiger partial charge in [-0.2, -0.15) is 0 Å². The lowest BCUT2D eigenvalue weighted by atomic mass is 9.79. The van der Waals surface area contributed by atoms with Crippen LogP contribution in [0.5, 0.6) is 0 Å². The van der Waals surface area contributed by atoms with Crippen LogP contribution in [0.3, 0.4) is 0 Å². The van der Waals surface area contributed by atoms with Gasteiger partial charge in [0.25, 0.3) is 0 Å². The van der Waals surface area contributed by atoms with E-state index in [1.165, 1.54) is 0 Å². The van der Waals surface area contributed by atoms with Crippen molar-refractivity contribution in [3.63, 3.8) is 0 Å². The molecule has 0 aliphatic carbocycles. The summed E-state index contributed by atoms with van der Waals surface area (Å²) in [6.07, 6.45) is 1.03. The van der Waals surface area contributed by atoms with Gasteiger partial charge in [0.05, 0.1) is 18.8 Å². The highest BCUT2D eigenvalue weighted by Gasteiger charge is 2.39. The molecule has 1 saturated heterocycles. The highest BCUT2D eigenvalue weighted by atomic mass is 16.5. The Kier molecular flexibility index (Phi) is 2.50. The van der Waals surface area contributed by atoms with Crippen LogP contribution in [0.4, 0.5) is 0 Å². The van der Waals surface area contributed by atoms with Crippen LogP contribution in [0.15, 0.2) is 0 Å². The van der Waals surface area contributed by atoms with Crippen molar-refractivity contribution in [2.75, 3.05) is 13.2 Å². The molecule has 72 valence electrons. The quantitative estimate of drug-likeness (QED) is 0.653. The van der Waals surface area contributed by atoms with Crippen LogP contribution < -0.4 is 0 Å². The van der Waals surface area contributed by atoms with Gasteiger partial charge < -0.3 is 9.84 Å². The summed E-state index contributed by atoms with van der Waals surface area (Å²) < 4.78 is 5.27. The Morgan fingerprint density at radius 2 is 2.08 bits per heavy atom.